The fourth-order valence-corrected chi connectivity index (χ4v) is 1.46. The van der Waals surface area contributed by atoms with Crippen molar-refractivity contribution in [1.29, 1.82) is 0 Å². The zero-order chi connectivity index (χ0) is 10.3. The van der Waals surface area contributed by atoms with E-state index < -0.39 is 5.95 Å². The molecule has 5 heteroatoms. The van der Waals surface area contributed by atoms with Gasteiger partial charge in [0.05, 0.1) is 5.69 Å². The van der Waals surface area contributed by atoms with E-state index in [1.54, 1.807) is 17.1 Å². The van der Waals surface area contributed by atoms with Gasteiger partial charge in [-0.25, -0.2) is 14.6 Å². The van der Waals surface area contributed by atoms with Crippen LogP contribution >= 0.6 is 0 Å². The average molecular weight is 204 g/mol. The zero-order valence-corrected chi connectivity index (χ0v) is 7.97. The highest BCUT2D eigenvalue weighted by molar-refractivity contribution is 5.27. The van der Waals surface area contributed by atoms with Crippen LogP contribution in [0.2, 0.25) is 0 Å². The molecule has 0 spiro atoms. The lowest BCUT2D eigenvalue weighted by Gasteiger charge is -1.98. The molecule has 0 N–H and O–H groups in total. The van der Waals surface area contributed by atoms with Gasteiger partial charge < -0.3 is 0 Å². The van der Waals surface area contributed by atoms with Gasteiger partial charge >= 0.3 is 0 Å². The molecule has 0 atom stereocenters. The summed E-state index contributed by atoms with van der Waals surface area (Å²) >= 11 is 0. The molecule has 76 valence electrons. The van der Waals surface area contributed by atoms with Gasteiger partial charge in [-0.05, 0) is 18.9 Å². The van der Waals surface area contributed by atoms with Gasteiger partial charge in [0.2, 0.25) is 5.95 Å². The van der Waals surface area contributed by atoms with Crippen LogP contribution in [0.25, 0.3) is 5.69 Å². The number of halogens is 1. The van der Waals surface area contributed by atoms with E-state index in [1.165, 1.54) is 12.3 Å². The number of hydrogen-bond donors (Lipinski definition) is 0. The monoisotopic (exact) mass is 204 g/mol. The summed E-state index contributed by atoms with van der Waals surface area (Å²) in [6.45, 7) is 0. The Morgan fingerprint density at radius 1 is 1.33 bits per heavy atom. The SMILES string of the molecule is Fc1cc(-n2cnc(C3CC3)n2)ccn1. The van der Waals surface area contributed by atoms with E-state index >= 15 is 0 Å². The molecule has 0 radical (unpaired) electrons. The number of aromatic nitrogens is 4. The summed E-state index contributed by atoms with van der Waals surface area (Å²) in [5.41, 5.74) is 0.655. The summed E-state index contributed by atoms with van der Waals surface area (Å²) in [6.07, 6.45) is 5.36. The first-order chi connectivity index (χ1) is 7.33. The van der Waals surface area contributed by atoms with Crippen molar-refractivity contribution in [2.45, 2.75) is 18.8 Å². The third kappa shape index (κ3) is 1.60. The lowest BCUT2D eigenvalue weighted by molar-refractivity contribution is 0.581. The zero-order valence-electron chi connectivity index (χ0n) is 7.97. The van der Waals surface area contributed by atoms with E-state index in [-0.39, 0.29) is 0 Å². The molecule has 15 heavy (non-hydrogen) atoms. The molecule has 1 saturated carbocycles. The molecule has 2 aromatic rings. The summed E-state index contributed by atoms with van der Waals surface area (Å²) in [6, 6.07) is 3.04. The molecule has 1 aliphatic rings. The van der Waals surface area contributed by atoms with Gasteiger partial charge in [0.1, 0.15) is 6.33 Å². The van der Waals surface area contributed by atoms with Crippen LogP contribution in [0.3, 0.4) is 0 Å². The minimum absolute atomic E-state index is 0.504. The van der Waals surface area contributed by atoms with Crippen LogP contribution in [0.15, 0.2) is 24.7 Å². The van der Waals surface area contributed by atoms with E-state index in [0.717, 1.165) is 18.7 Å². The van der Waals surface area contributed by atoms with E-state index in [9.17, 15) is 4.39 Å². The third-order valence-electron chi connectivity index (χ3n) is 2.43. The molecule has 2 aromatic heterocycles. The minimum atomic E-state index is -0.504. The molecule has 1 fully saturated rings. The maximum Gasteiger partial charge on any atom is 0.214 e. The normalized spacial score (nSPS) is 15.5. The Labute approximate surface area is 85.8 Å². The standard InChI is InChI=1S/C10H9FN4/c11-9-5-8(3-4-12-9)15-6-13-10(14-15)7-1-2-7/h3-7H,1-2H2. The van der Waals surface area contributed by atoms with Gasteiger partial charge in [-0.15, -0.1) is 0 Å². The minimum Gasteiger partial charge on any atom is -0.228 e. The van der Waals surface area contributed by atoms with E-state index in [0.29, 0.717) is 11.6 Å². The van der Waals surface area contributed by atoms with Crippen molar-refractivity contribution in [2.24, 2.45) is 0 Å². The summed E-state index contributed by atoms with van der Waals surface area (Å²) in [4.78, 5) is 7.68. The first-order valence-corrected chi connectivity index (χ1v) is 4.86. The van der Waals surface area contributed by atoms with Gasteiger partial charge in [0.25, 0.3) is 0 Å². The Balaban J connectivity index is 1.97. The molecule has 0 aliphatic heterocycles. The van der Waals surface area contributed by atoms with Crippen molar-refractivity contribution in [3.8, 4) is 5.69 Å². The van der Waals surface area contributed by atoms with Gasteiger partial charge in [-0.1, -0.05) is 0 Å². The molecule has 0 saturated heterocycles. The maximum atomic E-state index is 12.9. The van der Waals surface area contributed by atoms with Gasteiger partial charge in [-0.2, -0.15) is 9.49 Å². The predicted molar refractivity (Wildman–Crippen MR) is 51.1 cm³/mol. The summed E-state index contributed by atoms with van der Waals surface area (Å²) in [7, 11) is 0. The first-order valence-electron chi connectivity index (χ1n) is 4.86. The summed E-state index contributed by atoms with van der Waals surface area (Å²) in [5.74, 6) is 0.862. The van der Waals surface area contributed by atoms with Crippen molar-refractivity contribution >= 4 is 0 Å². The molecular weight excluding hydrogens is 195 g/mol. The van der Waals surface area contributed by atoms with E-state index in [2.05, 4.69) is 15.1 Å². The summed E-state index contributed by atoms with van der Waals surface area (Å²) < 4.78 is 14.4. The van der Waals surface area contributed by atoms with Crippen molar-refractivity contribution in [3.05, 3.63) is 36.4 Å². The van der Waals surface area contributed by atoms with Crippen LogP contribution in [0.4, 0.5) is 4.39 Å². The highest BCUT2D eigenvalue weighted by Gasteiger charge is 2.27. The second-order valence-corrected chi connectivity index (χ2v) is 3.66. The average Bonchev–Trinajstić information content (AvgIpc) is 2.97. The maximum absolute atomic E-state index is 12.9. The fourth-order valence-electron chi connectivity index (χ4n) is 1.46. The van der Waals surface area contributed by atoms with E-state index in [1.807, 2.05) is 0 Å². The smallest absolute Gasteiger partial charge is 0.214 e. The second kappa shape index (κ2) is 3.12. The molecule has 1 aliphatic carbocycles. The van der Waals surface area contributed by atoms with Crippen LogP contribution in [0.5, 0.6) is 0 Å². The van der Waals surface area contributed by atoms with Gasteiger partial charge in [0.15, 0.2) is 5.82 Å². The van der Waals surface area contributed by atoms with E-state index in [4.69, 9.17) is 0 Å². The van der Waals surface area contributed by atoms with Gasteiger partial charge in [0, 0.05) is 18.2 Å². The molecule has 4 nitrogen and oxygen atoms in total. The summed E-state index contributed by atoms with van der Waals surface area (Å²) in [5, 5.41) is 4.29. The number of hydrogen-bond acceptors (Lipinski definition) is 3. The van der Waals surface area contributed by atoms with Crippen molar-refractivity contribution < 1.29 is 4.39 Å². The number of pyridine rings is 1. The Morgan fingerprint density at radius 3 is 2.93 bits per heavy atom. The van der Waals surface area contributed by atoms with Gasteiger partial charge in [-0.3, -0.25) is 0 Å². The molecule has 0 unspecified atom stereocenters. The molecule has 2 heterocycles. The molecule has 0 amide bonds. The highest BCUT2D eigenvalue weighted by Crippen LogP contribution is 2.37. The van der Waals surface area contributed by atoms with Crippen LogP contribution in [0, 0.1) is 5.95 Å². The van der Waals surface area contributed by atoms with Crippen LogP contribution in [-0.2, 0) is 0 Å². The Morgan fingerprint density at radius 2 is 2.20 bits per heavy atom. The molecule has 0 aromatic carbocycles. The highest BCUT2D eigenvalue weighted by atomic mass is 19.1. The lowest BCUT2D eigenvalue weighted by atomic mass is 10.4. The predicted octanol–water partition coefficient (Wildman–Crippen LogP) is 1.68. The van der Waals surface area contributed by atoms with Crippen LogP contribution in [-0.4, -0.2) is 19.7 Å². The lowest BCUT2D eigenvalue weighted by Crippen LogP contribution is -1.97. The fraction of sp³-hybridized carbons (Fsp3) is 0.300. The topological polar surface area (TPSA) is 43.6 Å². The third-order valence-corrected chi connectivity index (χ3v) is 2.43. The Hall–Kier alpha value is -1.78. The molecule has 0 bridgehead atoms. The van der Waals surface area contributed by atoms with Crippen molar-refractivity contribution in [1.82, 2.24) is 19.7 Å². The second-order valence-electron chi connectivity index (χ2n) is 3.66. The largest absolute Gasteiger partial charge is 0.228 e. The number of rotatable bonds is 2. The Bertz CT molecular complexity index is 490. The Kier molecular flexibility index (Phi) is 1.77. The quantitative estimate of drug-likeness (QED) is 0.699. The van der Waals surface area contributed by atoms with Crippen molar-refractivity contribution in [2.75, 3.05) is 0 Å². The number of nitrogens with zero attached hydrogens (tertiary/aromatic N) is 4. The van der Waals surface area contributed by atoms with Crippen LogP contribution in [0.1, 0.15) is 24.6 Å². The molecular formula is C10H9FN4. The van der Waals surface area contributed by atoms with Crippen molar-refractivity contribution in [3.63, 3.8) is 0 Å². The molecule has 3 rings (SSSR count). The first kappa shape index (κ1) is 8.52. The van der Waals surface area contributed by atoms with Crippen LogP contribution < -0.4 is 0 Å².